The van der Waals surface area contributed by atoms with Gasteiger partial charge in [-0.1, -0.05) is 45.4 Å². The van der Waals surface area contributed by atoms with Crippen LogP contribution in [0.1, 0.15) is 40.0 Å². The van der Waals surface area contributed by atoms with Crippen LogP contribution in [0.5, 0.6) is 0 Å². The molecule has 1 aliphatic rings. The lowest BCUT2D eigenvalue weighted by Crippen LogP contribution is -2.36. The maximum Gasteiger partial charge on any atom is 0.316 e. The molecule has 3 heteroatoms. The van der Waals surface area contributed by atoms with Crippen molar-refractivity contribution in [3.8, 4) is 0 Å². The predicted octanol–water partition coefficient (Wildman–Crippen LogP) is 4.78. The van der Waals surface area contributed by atoms with E-state index in [2.05, 4.69) is 20.8 Å². The van der Waals surface area contributed by atoms with Gasteiger partial charge >= 0.3 is 5.97 Å². The molecule has 116 valence electrons. The predicted molar refractivity (Wildman–Crippen MR) is 88.4 cm³/mol. The fraction of sp³-hybridized carbons (Fsp3) is 0.611. The Balaban J connectivity index is 1.85. The summed E-state index contributed by atoms with van der Waals surface area (Å²) in [6, 6.07) is 10.0. The van der Waals surface area contributed by atoms with Gasteiger partial charge in [0.2, 0.25) is 0 Å². The Morgan fingerprint density at radius 1 is 1.29 bits per heavy atom. The minimum Gasteiger partial charge on any atom is -0.461 e. The fourth-order valence-electron chi connectivity index (χ4n) is 3.11. The highest BCUT2D eigenvalue weighted by Gasteiger charge is 2.33. The minimum absolute atomic E-state index is 0.0754. The van der Waals surface area contributed by atoms with Gasteiger partial charge in [0, 0.05) is 4.90 Å². The zero-order valence-electron chi connectivity index (χ0n) is 13.2. The highest BCUT2D eigenvalue weighted by molar-refractivity contribution is 8.00. The van der Waals surface area contributed by atoms with Crippen molar-refractivity contribution in [1.82, 2.24) is 0 Å². The summed E-state index contributed by atoms with van der Waals surface area (Å²) >= 11 is 1.55. The Labute approximate surface area is 132 Å². The maximum absolute atomic E-state index is 12.1. The molecule has 0 saturated heterocycles. The van der Waals surface area contributed by atoms with Crippen molar-refractivity contribution in [3.63, 3.8) is 0 Å². The van der Waals surface area contributed by atoms with E-state index in [0.29, 0.717) is 23.5 Å². The molecule has 21 heavy (non-hydrogen) atoms. The number of benzene rings is 1. The van der Waals surface area contributed by atoms with Crippen molar-refractivity contribution in [2.45, 2.75) is 51.0 Å². The molecule has 1 aliphatic carbocycles. The van der Waals surface area contributed by atoms with Crippen molar-refractivity contribution in [1.29, 1.82) is 0 Å². The Morgan fingerprint density at radius 2 is 2.00 bits per heavy atom. The second-order valence-corrected chi connectivity index (χ2v) is 7.50. The number of hydrogen-bond acceptors (Lipinski definition) is 3. The van der Waals surface area contributed by atoms with E-state index in [1.54, 1.807) is 11.8 Å². The standard InChI is InChI=1S/C18H26O2S/c1-13(2)16-10-9-14(3)11-17(16)20-18(19)12-21-15-7-5-4-6-8-15/h4-8,13-14,16-17H,9-12H2,1-3H3. The van der Waals surface area contributed by atoms with Crippen LogP contribution in [0, 0.1) is 17.8 Å². The molecule has 0 amide bonds. The third-order valence-electron chi connectivity index (χ3n) is 4.34. The van der Waals surface area contributed by atoms with E-state index in [0.717, 1.165) is 11.3 Å². The van der Waals surface area contributed by atoms with Crippen LogP contribution in [0.3, 0.4) is 0 Å². The topological polar surface area (TPSA) is 26.3 Å². The van der Waals surface area contributed by atoms with Gasteiger partial charge in [-0.2, -0.15) is 0 Å². The Hall–Kier alpha value is -0.960. The van der Waals surface area contributed by atoms with Gasteiger partial charge in [-0.05, 0) is 42.7 Å². The second kappa shape index (κ2) is 7.88. The molecule has 0 spiro atoms. The fourth-order valence-corrected chi connectivity index (χ4v) is 3.81. The molecule has 0 radical (unpaired) electrons. The Morgan fingerprint density at radius 3 is 2.67 bits per heavy atom. The van der Waals surface area contributed by atoms with Crippen molar-refractivity contribution >= 4 is 17.7 Å². The first-order chi connectivity index (χ1) is 10.1. The largest absolute Gasteiger partial charge is 0.461 e. The normalized spacial score (nSPS) is 25.8. The van der Waals surface area contributed by atoms with Gasteiger partial charge < -0.3 is 4.74 Å². The molecule has 0 heterocycles. The third kappa shape index (κ3) is 5.06. The van der Waals surface area contributed by atoms with Crippen molar-refractivity contribution < 1.29 is 9.53 Å². The molecule has 1 saturated carbocycles. The molecule has 0 N–H and O–H groups in total. The van der Waals surface area contributed by atoms with E-state index in [9.17, 15) is 4.79 Å². The lowest BCUT2D eigenvalue weighted by molar-refractivity contribution is -0.152. The third-order valence-corrected chi connectivity index (χ3v) is 5.33. The summed E-state index contributed by atoms with van der Waals surface area (Å²) in [4.78, 5) is 13.2. The molecular weight excluding hydrogens is 280 g/mol. The number of thioether (sulfide) groups is 1. The number of carbonyl (C=O) groups is 1. The van der Waals surface area contributed by atoms with Gasteiger partial charge in [0.05, 0.1) is 5.75 Å². The molecule has 1 aromatic carbocycles. The summed E-state index contributed by atoms with van der Waals surface area (Å²) in [6.45, 7) is 6.73. The Bertz CT molecular complexity index is 444. The number of hydrogen-bond donors (Lipinski definition) is 0. The minimum atomic E-state index is -0.0754. The van der Waals surface area contributed by atoms with Gasteiger partial charge in [-0.3, -0.25) is 4.79 Å². The number of ether oxygens (including phenoxy) is 1. The first kappa shape index (κ1) is 16.4. The van der Waals surface area contributed by atoms with E-state index in [1.807, 2.05) is 30.3 Å². The summed E-state index contributed by atoms with van der Waals surface area (Å²) in [5, 5.41) is 0. The van der Waals surface area contributed by atoms with Gasteiger partial charge in [-0.15, -0.1) is 11.8 Å². The van der Waals surface area contributed by atoms with Crippen molar-refractivity contribution in [2.75, 3.05) is 5.75 Å². The summed E-state index contributed by atoms with van der Waals surface area (Å²) in [5.74, 6) is 2.09. The summed E-state index contributed by atoms with van der Waals surface area (Å²) in [7, 11) is 0. The second-order valence-electron chi connectivity index (χ2n) is 6.46. The van der Waals surface area contributed by atoms with Crippen LogP contribution < -0.4 is 0 Å². The van der Waals surface area contributed by atoms with Gasteiger partial charge in [-0.25, -0.2) is 0 Å². The van der Waals surface area contributed by atoms with Crippen LogP contribution >= 0.6 is 11.8 Å². The lowest BCUT2D eigenvalue weighted by atomic mass is 9.75. The first-order valence-electron chi connectivity index (χ1n) is 7.93. The SMILES string of the molecule is CC1CCC(C(C)C)C(OC(=O)CSc2ccccc2)C1. The molecule has 3 atom stereocenters. The molecule has 3 unspecified atom stereocenters. The molecular formula is C18H26O2S. The summed E-state index contributed by atoms with van der Waals surface area (Å²) in [6.07, 6.45) is 3.57. The molecule has 0 aliphatic heterocycles. The van der Waals surface area contributed by atoms with Crippen LogP contribution in [0.2, 0.25) is 0 Å². The van der Waals surface area contributed by atoms with E-state index in [4.69, 9.17) is 4.74 Å². The monoisotopic (exact) mass is 306 g/mol. The molecule has 1 fully saturated rings. The van der Waals surface area contributed by atoms with Crippen molar-refractivity contribution in [3.05, 3.63) is 30.3 Å². The quantitative estimate of drug-likeness (QED) is 0.578. The van der Waals surface area contributed by atoms with E-state index in [-0.39, 0.29) is 12.1 Å². The molecule has 0 bridgehead atoms. The number of carbonyl (C=O) groups excluding carboxylic acids is 1. The highest BCUT2D eigenvalue weighted by atomic mass is 32.2. The van der Waals surface area contributed by atoms with Crippen LogP contribution in [-0.4, -0.2) is 17.8 Å². The average Bonchev–Trinajstić information content (AvgIpc) is 2.46. The van der Waals surface area contributed by atoms with E-state index < -0.39 is 0 Å². The molecule has 2 nitrogen and oxygen atoms in total. The van der Waals surface area contributed by atoms with Crippen LogP contribution in [0.15, 0.2) is 35.2 Å². The molecule has 0 aromatic heterocycles. The van der Waals surface area contributed by atoms with Gasteiger partial charge in [0.15, 0.2) is 0 Å². The highest BCUT2D eigenvalue weighted by Crippen LogP contribution is 2.35. The molecule has 1 aromatic rings. The smallest absolute Gasteiger partial charge is 0.316 e. The number of rotatable bonds is 5. The summed E-state index contributed by atoms with van der Waals surface area (Å²) < 4.78 is 5.80. The van der Waals surface area contributed by atoms with Crippen LogP contribution in [0.25, 0.3) is 0 Å². The van der Waals surface area contributed by atoms with Gasteiger partial charge in [0.1, 0.15) is 6.10 Å². The lowest BCUT2D eigenvalue weighted by Gasteiger charge is -2.36. The zero-order valence-corrected chi connectivity index (χ0v) is 14.1. The Kier molecular flexibility index (Phi) is 6.16. The van der Waals surface area contributed by atoms with Crippen molar-refractivity contribution in [2.24, 2.45) is 17.8 Å². The zero-order chi connectivity index (χ0) is 15.2. The summed E-state index contributed by atoms with van der Waals surface area (Å²) in [5.41, 5.74) is 0. The maximum atomic E-state index is 12.1. The van der Waals surface area contributed by atoms with Crippen LogP contribution in [-0.2, 0) is 9.53 Å². The first-order valence-corrected chi connectivity index (χ1v) is 8.92. The van der Waals surface area contributed by atoms with E-state index >= 15 is 0 Å². The van der Waals surface area contributed by atoms with Crippen LogP contribution in [0.4, 0.5) is 0 Å². The van der Waals surface area contributed by atoms with E-state index in [1.165, 1.54) is 12.8 Å². The van der Waals surface area contributed by atoms with Gasteiger partial charge in [0.25, 0.3) is 0 Å². The number of esters is 1. The average molecular weight is 306 g/mol. The molecule has 2 rings (SSSR count).